The SMILES string of the molecule is CCNC(=NCCOc1cccnc1)NC1CCCC1. The zero-order valence-electron chi connectivity index (χ0n) is 12.1. The number of pyridine rings is 1. The summed E-state index contributed by atoms with van der Waals surface area (Å²) in [5, 5.41) is 6.77. The van der Waals surface area contributed by atoms with Crippen LogP contribution in [0.4, 0.5) is 0 Å². The van der Waals surface area contributed by atoms with Crippen LogP contribution in [0.2, 0.25) is 0 Å². The lowest BCUT2D eigenvalue weighted by molar-refractivity contribution is 0.327. The first-order valence-electron chi connectivity index (χ1n) is 7.46. The molecule has 0 spiro atoms. The normalized spacial score (nSPS) is 16.1. The number of hydrogen-bond donors (Lipinski definition) is 2. The Morgan fingerprint density at radius 1 is 1.45 bits per heavy atom. The van der Waals surface area contributed by atoms with Crippen molar-refractivity contribution in [3.05, 3.63) is 24.5 Å². The van der Waals surface area contributed by atoms with Crippen LogP contribution in [0.5, 0.6) is 5.75 Å². The van der Waals surface area contributed by atoms with E-state index in [-0.39, 0.29) is 0 Å². The number of rotatable bonds is 6. The monoisotopic (exact) mass is 276 g/mol. The molecule has 1 aromatic rings. The Labute approximate surface area is 120 Å². The molecule has 1 aliphatic rings. The van der Waals surface area contributed by atoms with Gasteiger partial charge in [0.25, 0.3) is 0 Å². The summed E-state index contributed by atoms with van der Waals surface area (Å²) in [5.41, 5.74) is 0. The Morgan fingerprint density at radius 3 is 3.00 bits per heavy atom. The van der Waals surface area contributed by atoms with E-state index in [0.717, 1.165) is 18.3 Å². The number of aromatic nitrogens is 1. The highest BCUT2D eigenvalue weighted by atomic mass is 16.5. The van der Waals surface area contributed by atoms with Gasteiger partial charge in [0.05, 0.1) is 12.7 Å². The van der Waals surface area contributed by atoms with Gasteiger partial charge in [-0.05, 0) is 31.9 Å². The summed E-state index contributed by atoms with van der Waals surface area (Å²) in [6.45, 7) is 4.16. The van der Waals surface area contributed by atoms with E-state index in [0.29, 0.717) is 19.2 Å². The summed E-state index contributed by atoms with van der Waals surface area (Å²) >= 11 is 0. The minimum absolute atomic E-state index is 0.562. The quantitative estimate of drug-likeness (QED) is 0.474. The second kappa shape index (κ2) is 8.40. The van der Waals surface area contributed by atoms with E-state index in [2.05, 4.69) is 27.5 Å². The van der Waals surface area contributed by atoms with Gasteiger partial charge in [0.2, 0.25) is 0 Å². The molecule has 0 saturated heterocycles. The molecule has 0 unspecified atom stereocenters. The third-order valence-corrected chi connectivity index (χ3v) is 3.30. The molecule has 110 valence electrons. The van der Waals surface area contributed by atoms with E-state index in [1.165, 1.54) is 25.7 Å². The summed E-state index contributed by atoms with van der Waals surface area (Å²) in [5.74, 6) is 1.69. The van der Waals surface area contributed by atoms with Gasteiger partial charge in [-0.25, -0.2) is 4.99 Å². The topological polar surface area (TPSA) is 58.5 Å². The number of ether oxygens (including phenoxy) is 1. The molecule has 1 heterocycles. The standard InChI is InChI=1S/C15H24N4O/c1-2-17-15(19-13-6-3-4-7-13)18-10-11-20-14-8-5-9-16-12-14/h5,8-9,12-13H,2-4,6-7,10-11H2,1H3,(H2,17,18,19). The van der Waals surface area contributed by atoms with Gasteiger partial charge < -0.3 is 15.4 Å². The molecule has 2 N–H and O–H groups in total. The van der Waals surface area contributed by atoms with E-state index in [9.17, 15) is 0 Å². The largest absolute Gasteiger partial charge is 0.490 e. The van der Waals surface area contributed by atoms with Crippen LogP contribution in [-0.2, 0) is 0 Å². The number of hydrogen-bond acceptors (Lipinski definition) is 3. The lowest BCUT2D eigenvalue weighted by Gasteiger charge is -2.16. The van der Waals surface area contributed by atoms with Gasteiger partial charge in [-0.3, -0.25) is 4.98 Å². The van der Waals surface area contributed by atoms with Gasteiger partial charge in [0, 0.05) is 18.8 Å². The first-order chi connectivity index (χ1) is 9.88. The summed E-state index contributed by atoms with van der Waals surface area (Å²) in [7, 11) is 0. The van der Waals surface area contributed by atoms with E-state index >= 15 is 0 Å². The van der Waals surface area contributed by atoms with Crippen LogP contribution in [0.15, 0.2) is 29.5 Å². The molecule has 2 rings (SSSR count). The molecule has 0 aromatic carbocycles. The van der Waals surface area contributed by atoms with Crippen molar-refractivity contribution in [2.75, 3.05) is 19.7 Å². The first kappa shape index (κ1) is 14.6. The molecule has 0 atom stereocenters. The summed E-state index contributed by atoms with van der Waals surface area (Å²) in [6.07, 6.45) is 8.58. The fraction of sp³-hybridized carbons (Fsp3) is 0.600. The lowest BCUT2D eigenvalue weighted by Crippen LogP contribution is -2.42. The molecule has 0 bridgehead atoms. The molecule has 5 nitrogen and oxygen atoms in total. The van der Waals surface area contributed by atoms with Crippen molar-refractivity contribution in [1.82, 2.24) is 15.6 Å². The van der Waals surface area contributed by atoms with E-state index in [4.69, 9.17) is 4.74 Å². The van der Waals surface area contributed by atoms with Crippen molar-refractivity contribution in [3.8, 4) is 5.75 Å². The highest BCUT2D eigenvalue weighted by Gasteiger charge is 2.15. The molecule has 1 aromatic heterocycles. The van der Waals surface area contributed by atoms with Gasteiger partial charge in [-0.1, -0.05) is 12.8 Å². The first-order valence-corrected chi connectivity index (χ1v) is 7.46. The van der Waals surface area contributed by atoms with Crippen LogP contribution in [0.3, 0.4) is 0 Å². The average molecular weight is 276 g/mol. The zero-order valence-corrected chi connectivity index (χ0v) is 12.1. The number of nitrogens with zero attached hydrogens (tertiary/aromatic N) is 2. The fourth-order valence-corrected chi connectivity index (χ4v) is 2.34. The minimum Gasteiger partial charge on any atom is -0.490 e. The molecule has 20 heavy (non-hydrogen) atoms. The van der Waals surface area contributed by atoms with Crippen LogP contribution in [-0.4, -0.2) is 36.7 Å². The van der Waals surface area contributed by atoms with Crippen molar-refractivity contribution >= 4 is 5.96 Å². The third-order valence-electron chi connectivity index (χ3n) is 3.30. The zero-order chi connectivity index (χ0) is 14.0. The van der Waals surface area contributed by atoms with Gasteiger partial charge in [0.15, 0.2) is 5.96 Å². The second-order valence-corrected chi connectivity index (χ2v) is 4.92. The van der Waals surface area contributed by atoms with E-state index < -0.39 is 0 Å². The summed E-state index contributed by atoms with van der Waals surface area (Å²) in [6, 6.07) is 4.34. The maximum Gasteiger partial charge on any atom is 0.191 e. The Balaban J connectivity index is 1.73. The van der Waals surface area contributed by atoms with Crippen LogP contribution in [0, 0.1) is 0 Å². The molecular weight excluding hydrogens is 252 g/mol. The fourth-order valence-electron chi connectivity index (χ4n) is 2.34. The Kier molecular flexibility index (Phi) is 6.14. The third kappa shape index (κ3) is 5.07. The molecule has 1 aliphatic carbocycles. The van der Waals surface area contributed by atoms with Crippen LogP contribution >= 0.6 is 0 Å². The number of guanidine groups is 1. The molecular formula is C15H24N4O. The van der Waals surface area contributed by atoms with Crippen LogP contribution in [0.1, 0.15) is 32.6 Å². The van der Waals surface area contributed by atoms with Crippen LogP contribution < -0.4 is 15.4 Å². The Bertz CT molecular complexity index is 402. The van der Waals surface area contributed by atoms with Crippen molar-refractivity contribution < 1.29 is 4.74 Å². The number of aliphatic imine (C=N–C) groups is 1. The van der Waals surface area contributed by atoms with Crippen LogP contribution in [0.25, 0.3) is 0 Å². The molecule has 0 amide bonds. The number of nitrogens with one attached hydrogen (secondary N) is 2. The molecule has 0 aliphatic heterocycles. The van der Waals surface area contributed by atoms with Crippen molar-refractivity contribution in [1.29, 1.82) is 0 Å². The summed E-state index contributed by atoms with van der Waals surface area (Å²) < 4.78 is 5.58. The summed E-state index contributed by atoms with van der Waals surface area (Å²) in [4.78, 5) is 8.55. The molecule has 0 radical (unpaired) electrons. The minimum atomic E-state index is 0.562. The van der Waals surface area contributed by atoms with Gasteiger partial charge in [-0.2, -0.15) is 0 Å². The van der Waals surface area contributed by atoms with Gasteiger partial charge in [-0.15, -0.1) is 0 Å². The average Bonchev–Trinajstić information content (AvgIpc) is 2.98. The lowest BCUT2D eigenvalue weighted by atomic mass is 10.2. The molecule has 1 saturated carbocycles. The highest BCUT2D eigenvalue weighted by molar-refractivity contribution is 5.80. The van der Waals surface area contributed by atoms with Gasteiger partial charge >= 0.3 is 0 Å². The van der Waals surface area contributed by atoms with Crippen molar-refractivity contribution in [2.45, 2.75) is 38.6 Å². The second-order valence-electron chi connectivity index (χ2n) is 4.92. The Hall–Kier alpha value is -1.78. The van der Waals surface area contributed by atoms with Gasteiger partial charge in [0.1, 0.15) is 12.4 Å². The van der Waals surface area contributed by atoms with E-state index in [1.54, 1.807) is 12.4 Å². The molecule has 1 fully saturated rings. The predicted molar refractivity (Wildman–Crippen MR) is 81.1 cm³/mol. The maximum atomic E-state index is 5.58. The Morgan fingerprint density at radius 2 is 2.30 bits per heavy atom. The van der Waals surface area contributed by atoms with E-state index in [1.807, 2.05) is 12.1 Å². The smallest absolute Gasteiger partial charge is 0.191 e. The predicted octanol–water partition coefficient (Wildman–Crippen LogP) is 1.96. The molecule has 5 heteroatoms. The van der Waals surface area contributed by atoms with Crippen molar-refractivity contribution in [2.24, 2.45) is 4.99 Å². The maximum absolute atomic E-state index is 5.58. The van der Waals surface area contributed by atoms with Crippen molar-refractivity contribution in [3.63, 3.8) is 0 Å². The highest BCUT2D eigenvalue weighted by Crippen LogP contribution is 2.17.